The summed E-state index contributed by atoms with van der Waals surface area (Å²) in [4.78, 5) is 0. The van der Waals surface area contributed by atoms with Crippen molar-refractivity contribution in [1.29, 1.82) is 0 Å². The van der Waals surface area contributed by atoms with E-state index in [1.54, 1.807) is 0 Å². The lowest BCUT2D eigenvalue weighted by molar-refractivity contribution is 0.137. The van der Waals surface area contributed by atoms with E-state index >= 15 is 0 Å². The van der Waals surface area contributed by atoms with E-state index < -0.39 is 6.04 Å². The molecule has 1 unspecified atom stereocenters. The van der Waals surface area contributed by atoms with Gasteiger partial charge in [0.1, 0.15) is 11.4 Å². The molecular weight excluding hydrogens is 230 g/mol. The maximum atomic E-state index is 6.16. The second kappa shape index (κ2) is 3.78. The van der Waals surface area contributed by atoms with Crippen molar-refractivity contribution < 1.29 is 4.74 Å². The zero-order chi connectivity index (χ0) is 12.8. The van der Waals surface area contributed by atoms with E-state index in [0.29, 0.717) is 5.82 Å². The smallest absolute Gasteiger partial charge is 0.195 e. The topological polar surface area (TPSA) is 89.7 Å². The third-order valence-corrected chi connectivity index (χ3v) is 3.10. The summed E-state index contributed by atoms with van der Waals surface area (Å²) in [5, 5.41) is 13.8. The number of hydrogen-bond donors (Lipinski definition) is 2. The highest BCUT2D eigenvalue weighted by Gasteiger charge is 2.33. The van der Waals surface area contributed by atoms with Crippen LogP contribution >= 0.6 is 0 Å². The first-order valence-corrected chi connectivity index (χ1v) is 5.86. The van der Waals surface area contributed by atoms with Crippen LogP contribution in [0.3, 0.4) is 0 Å². The highest BCUT2D eigenvalue weighted by atomic mass is 16.5. The van der Waals surface area contributed by atoms with Gasteiger partial charge >= 0.3 is 0 Å². The summed E-state index contributed by atoms with van der Waals surface area (Å²) < 4.78 is 5.98. The SMILES string of the molecule is CC1(C)Cc2cccc(C(N)c3nn[nH]n3)c2O1. The molecule has 0 saturated carbocycles. The molecule has 2 aromatic rings. The minimum absolute atomic E-state index is 0.185. The normalized spacial score (nSPS) is 18.2. The Labute approximate surface area is 105 Å². The monoisotopic (exact) mass is 245 g/mol. The number of fused-ring (bicyclic) bond motifs is 1. The Morgan fingerprint density at radius 2 is 2.28 bits per heavy atom. The molecule has 2 heterocycles. The molecular formula is C12H15N5O. The van der Waals surface area contributed by atoms with Crippen LogP contribution in [0.5, 0.6) is 5.75 Å². The summed E-state index contributed by atoms with van der Waals surface area (Å²) in [6.45, 7) is 4.13. The number of tetrazole rings is 1. The molecule has 0 bridgehead atoms. The largest absolute Gasteiger partial charge is 0.487 e. The van der Waals surface area contributed by atoms with Crippen molar-refractivity contribution in [2.75, 3.05) is 0 Å². The van der Waals surface area contributed by atoms with Gasteiger partial charge in [-0.05, 0) is 19.4 Å². The number of aromatic nitrogens is 4. The highest BCUT2D eigenvalue weighted by Crippen LogP contribution is 2.40. The fourth-order valence-electron chi connectivity index (χ4n) is 2.32. The van der Waals surface area contributed by atoms with Gasteiger partial charge in [-0.25, -0.2) is 0 Å². The Kier molecular flexibility index (Phi) is 2.34. The fraction of sp³-hybridized carbons (Fsp3) is 0.417. The van der Waals surface area contributed by atoms with Crippen LogP contribution in [0.1, 0.15) is 36.8 Å². The van der Waals surface area contributed by atoms with Crippen molar-refractivity contribution in [3.8, 4) is 5.75 Å². The number of hydrogen-bond acceptors (Lipinski definition) is 5. The number of nitrogens with two attached hydrogens (primary N) is 1. The first-order chi connectivity index (χ1) is 8.57. The van der Waals surface area contributed by atoms with E-state index in [9.17, 15) is 0 Å². The Hall–Kier alpha value is -1.95. The van der Waals surface area contributed by atoms with Gasteiger partial charge in [0, 0.05) is 12.0 Å². The summed E-state index contributed by atoms with van der Waals surface area (Å²) in [7, 11) is 0. The van der Waals surface area contributed by atoms with Gasteiger partial charge < -0.3 is 10.5 Å². The van der Waals surface area contributed by atoms with Crippen LogP contribution in [-0.2, 0) is 6.42 Å². The third kappa shape index (κ3) is 1.74. The van der Waals surface area contributed by atoms with Gasteiger partial charge in [-0.15, -0.1) is 10.2 Å². The van der Waals surface area contributed by atoms with E-state index in [1.165, 1.54) is 5.56 Å². The number of para-hydroxylation sites is 1. The minimum Gasteiger partial charge on any atom is -0.487 e. The minimum atomic E-state index is -0.424. The molecule has 94 valence electrons. The predicted octanol–water partition coefficient (Wildman–Crippen LogP) is 0.961. The van der Waals surface area contributed by atoms with Gasteiger partial charge in [0.2, 0.25) is 0 Å². The van der Waals surface area contributed by atoms with Crippen molar-refractivity contribution in [3.05, 3.63) is 35.2 Å². The fourth-order valence-corrected chi connectivity index (χ4v) is 2.32. The maximum absolute atomic E-state index is 6.16. The molecule has 1 aliphatic rings. The molecule has 0 aliphatic carbocycles. The molecule has 1 aromatic heterocycles. The summed E-state index contributed by atoms with van der Waals surface area (Å²) in [6.07, 6.45) is 0.884. The van der Waals surface area contributed by atoms with Crippen molar-refractivity contribution in [3.63, 3.8) is 0 Å². The van der Waals surface area contributed by atoms with Gasteiger partial charge in [-0.1, -0.05) is 23.4 Å². The number of benzene rings is 1. The number of rotatable bonds is 2. The zero-order valence-electron chi connectivity index (χ0n) is 10.3. The van der Waals surface area contributed by atoms with Crippen molar-refractivity contribution in [2.24, 2.45) is 5.73 Å². The summed E-state index contributed by atoms with van der Waals surface area (Å²) >= 11 is 0. The molecule has 0 saturated heterocycles. The molecule has 1 aromatic carbocycles. The third-order valence-electron chi connectivity index (χ3n) is 3.10. The van der Waals surface area contributed by atoms with Crippen molar-refractivity contribution in [1.82, 2.24) is 20.6 Å². The van der Waals surface area contributed by atoms with Gasteiger partial charge in [-0.2, -0.15) is 5.21 Å². The van der Waals surface area contributed by atoms with E-state index in [-0.39, 0.29) is 5.60 Å². The quantitative estimate of drug-likeness (QED) is 0.822. The molecule has 18 heavy (non-hydrogen) atoms. The Balaban J connectivity index is 2.03. The molecule has 6 heteroatoms. The Bertz CT molecular complexity index is 564. The number of nitrogens with one attached hydrogen (secondary N) is 1. The predicted molar refractivity (Wildman–Crippen MR) is 65.1 cm³/mol. The van der Waals surface area contributed by atoms with E-state index in [4.69, 9.17) is 10.5 Å². The average Bonchev–Trinajstić information content (AvgIpc) is 2.91. The number of aromatic amines is 1. The number of H-pyrrole nitrogens is 1. The second-order valence-electron chi connectivity index (χ2n) is 5.12. The van der Waals surface area contributed by atoms with Crippen LogP contribution in [0, 0.1) is 0 Å². The molecule has 6 nitrogen and oxygen atoms in total. The van der Waals surface area contributed by atoms with Crippen molar-refractivity contribution in [2.45, 2.75) is 31.9 Å². The van der Waals surface area contributed by atoms with Gasteiger partial charge in [0.05, 0.1) is 6.04 Å². The van der Waals surface area contributed by atoms with Gasteiger partial charge in [0.25, 0.3) is 0 Å². The number of nitrogens with zero attached hydrogens (tertiary/aromatic N) is 3. The second-order valence-corrected chi connectivity index (χ2v) is 5.12. The Morgan fingerprint density at radius 1 is 1.44 bits per heavy atom. The molecule has 3 N–H and O–H groups in total. The summed E-state index contributed by atoms with van der Waals surface area (Å²) in [5.41, 5.74) is 8.05. The van der Waals surface area contributed by atoms with E-state index in [1.807, 2.05) is 12.1 Å². The molecule has 1 atom stereocenters. The lowest BCUT2D eigenvalue weighted by atomic mass is 9.98. The molecule has 0 fully saturated rings. The zero-order valence-corrected chi connectivity index (χ0v) is 10.3. The maximum Gasteiger partial charge on any atom is 0.195 e. The molecule has 0 radical (unpaired) electrons. The van der Waals surface area contributed by atoms with Gasteiger partial charge in [0.15, 0.2) is 5.82 Å². The van der Waals surface area contributed by atoms with Crippen molar-refractivity contribution >= 4 is 0 Å². The van der Waals surface area contributed by atoms with Gasteiger partial charge in [-0.3, -0.25) is 0 Å². The van der Waals surface area contributed by atoms with E-state index in [0.717, 1.165) is 17.7 Å². The van der Waals surface area contributed by atoms with Crippen LogP contribution in [0.15, 0.2) is 18.2 Å². The van der Waals surface area contributed by atoms with Crippen LogP contribution < -0.4 is 10.5 Å². The first-order valence-electron chi connectivity index (χ1n) is 5.86. The number of ether oxygens (including phenoxy) is 1. The van der Waals surface area contributed by atoms with Crippen LogP contribution in [0.4, 0.5) is 0 Å². The highest BCUT2D eigenvalue weighted by molar-refractivity contribution is 5.48. The molecule has 3 rings (SSSR count). The average molecular weight is 245 g/mol. The molecule has 0 amide bonds. The van der Waals surface area contributed by atoms with Crippen LogP contribution in [0.2, 0.25) is 0 Å². The van der Waals surface area contributed by atoms with E-state index in [2.05, 4.69) is 40.5 Å². The lowest BCUT2D eigenvalue weighted by Gasteiger charge is -2.19. The first kappa shape index (κ1) is 11.2. The summed E-state index contributed by atoms with van der Waals surface area (Å²) in [6, 6.07) is 5.57. The Morgan fingerprint density at radius 3 is 3.00 bits per heavy atom. The lowest BCUT2D eigenvalue weighted by Crippen LogP contribution is -2.25. The standard InChI is InChI=1S/C12H15N5O/c1-12(2)6-7-4-3-5-8(10(7)18-12)9(13)11-14-16-17-15-11/h3-5,9H,6,13H2,1-2H3,(H,14,15,16,17). The van der Waals surface area contributed by atoms with Crippen LogP contribution in [-0.4, -0.2) is 26.2 Å². The van der Waals surface area contributed by atoms with Crippen LogP contribution in [0.25, 0.3) is 0 Å². The molecule has 0 spiro atoms. The summed E-state index contributed by atoms with van der Waals surface area (Å²) in [5.74, 6) is 1.33. The molecule has 1 aliphatic heterocycles.